The predicted molar refractivity (Wildman–Crippen MR) is 128 cm³/mol. The lowest BCUT2D eigenvalue weighted by molar-refractivity contribution is -0.127. The van der Waals surface area contributed by atoms with E-state index < -0.39 is 0 Å². The fraction of sp³-hybridized carbons (Fsp3) is 0.619. The Hall–Kier alpha value is -1.55. The molecule has 2 heterocycles. The van der Waals surface area contributed by atoms with Gasteiger partial charge in [-0.2, -0.15) is 0 Å². The van der Waals surface area contributed by atoms with Gasteiger partial charge in [0, 0.05) is 51.4 Å². The second-order valence-corrected chi connectivity index (χ2v) is 7.19. The van der Waals surface area contributed by atoms with Crippen molar-refractivity contribution in [2.24, 2.45) is 4.99 Å². The molecule has 2 N–H and O–H groups in total. The molecular weight excluding hydrogens is 481 g/mol. The van der Waals surface area contributed by atoms with Crippen LogP contribution < -0.4 is 15.5 Å². The zero-order valence-corrected chi connectivity index (χ0v) is 19.7. The molecule has 0 aromatic heterocycles. The first-order chi connectivity index (χ1) is 13.8. The molecule has 3 rings (SSSR count). The van der Waals surface area contributed by atoms with Crippen molar-refractivity contribution >= 4 is 41.5 Å². The number of guanidine groups is 1. The van der Waals surface area contributed by atoms with Gasteiger partial charge in [-0.1, -0.05) is 18.2 Å². The van der Waals surface area contributed by atoms with Crippen molar-refractivity contribution in [1.29, 1.82) is 0 Å². The molecule has 0 bridgehead atoms. The fourth-order valence-electron chi connectivity index (χ4n) is 3.68. The Balaban J connectivity index is 0.00000300. The number of para-hydroxylation sites is 1. The SMILES string of the molecule is CCNC(=NCc1ccccc1N1CCOCC1)NCCCN1CCCC1=O.I. The molecule has 162 valence electrons. The number of anilines is 1. The summed E-state index contributed by atoms with van der Waals surface area (Å²) in [7, 11) is 0. The maximum atomic E-state index is 11.7. The summed E-state index contributed by atoms with van der Waals surface area (Å²) in [5, 5.41) is 6.71. The number of likely N-dealkylation sites (tertiary alicyclic amines) is 1. The van der Waals surface area contributed by atoms with Gasteiger partial charge in [0.25, 0.3) is 0 Å². The molecule has 2 aliphatic rings. The third-order valence-corrected chi connectivity index (χ3v) is 5.16. The number of carbonyl (C=O) groups is 1. The van der Waals surface area contributed by atoms with Gasteiger partial charge in [0.05, 0.1) is 19.8 Å². The van der Waals surface area contributed by atoms with E-state index in [0.29, 0.717) is 18.9 Å². The van der Waals surface area contributed by atoms with E-state index in [-0.39, 0.29) is 24.0 Å². The number of benzene rings is 1. The average Bonchev–Trinajstić information content (AvgIpc) is 3.15. The number of nitrogens with zero attached hydrogens (tertiary/aromatic N) is 3. The molecule has 7 nitrogen and oxygen atoms in total. The van der Waals surface area contributed by atoms with Crippen LogP contribution in [0.3, 0.4) is 0 Å². The van der Waals surface area contributed by atoms with Gasteiger partial charge in [-0.3, -0.25) is 4.79 Å². The number of carbonyl (C=O) groups excluding carboxylic acids is 1. The van der Waals surface area contributed by atoms with E-state index >= 15 is 0 Å². The number of aliphatic imine (C=N–C) groups is 1. The summed E-state index contributed by atoms with van der Waals surface area (Å²) >= 11 is 0. The third-order valence-electron chi connectivity index (χ3n) is 5.16. The van der Waals surface area contributed by atoms with Crippen molar-refractivity contribution in [3.05, 3.63) is 29.8 Å². The molecule has 8 heteroatoms. The van der Waals surface area contributed by atoms with Crippen molar-refractivity contribution in [1.82, 2.24) is 15.5 Å². The lowest BCUT2D eigenvalue weighted by Crippen LogP contribution is -2.39. The number of rotatable bonds is 8. The Labute approximate surface area is 191 Å². The summed E-state index contributed by atoms with van der Waals surface area (Å²) in [5.41, 5.74) is 2.47. The fourth-order valence-corrected chi connectivity index (χ4v) is 3.68. The molecular formula is C21H34IN5O2. The molecule has 2 saturated heterocycles. The van der Waals surface area contributed by atoms with Crippen molar-refractivity contribution < 1.29 is 9.53 Å². The Bertz CT molecular complexity index is 664. The maximum Gasteiger partial charge on any atom is 0.222 e. The molecule has 0 unspecified atom stereocenters. The highest BCUT2D eigenvalue weighted by Crippen LogP contribution is 2.22. The van der Waals surface area contributed by atoms with Gasteiger partial charge in [0.15, 0.2) is 5.96 Å². The number of amides is 1. The summed E-state index contributed by atoms with van der Waals surface area (Å²) in [5.74, 6) is 1.12. The maximum absolute atomic E-state index is 11.7. The van der Waals surface area contributed by atoms with Crippen LogP contribution in [-0.2, 0) is 16.1 Å². The molecule has 2 fully saturated rings. The molecule has 0 saturated carbocycles. The summed E-state index contributed by atoms with van der Waals surface area (Å²) in [6.07, 6.45) is 2.64. The molecule has 1 aromatic carbocycles. The Morgan fingerprint density at radius 1 is 1.17 bits per heavy atom. The van der Waals surface area contributed by atoms with Gasteiger partial charge in [-0.05, 0) is 31.4 Å². The van der Waals surface area contributed by atoms with Crippen LogP contribution in [0, 0.1) is 0 Å². The number of hydrogen-bond acceptors (Lipinski definition) is 4. The van der Waals surface area contributed by atoms with Crippen molar-refractivity contribution in [2.45, 2.75) is 32.7 Å². The lowest BCUT2D eigenvalue weighted by Gasteiger charge is -2.30. The number of ether oxygens (including phenoxy) is 1. The van der Waals surface area contributed by atoms with Crippen LogP contribution in [0.2, 0.25) is 0 Å². The number of halogens is 1. The second-order valence-electron chi connectivity index (χ2n) is 7.19. The molecule has 1 amide bonds. The first kappa shape index (κ1) is 23.7. The van der Waals surface area contributed by atoms with Gasteiger partial charge < -0.3 is 25.2 Å². The van der Waals surface area contributed by atoms with Gasteiger partial charge in [-0.25, -0.2) is 4.99 Å². The van der Waals surface area contributed by atoms with Crippen LogP contribution in [0.1, 0.15) is 31.7 Å². The van der Waals surface area contributed by atoms with Crippen LogP contribution in [-0.4, -0.2) is 69.2 Å². The van der Waals surface area contributed by atoms with Gasteiger partial charge in [0.1, 0.15) is 0 Å². The minimum Gasteiger partial charge on any atom is -0.378 e. The molecule has 1 aromatic rings. The Kier molecular flexibility index (Phi) is 10.5. The zero-order valence-electron chi connectivity index (χ0n) is 17.4. The van der Waals surface area contributed by atoms with E-state index in [2.05, 4.69) is 46.7 Å². The lowest BCUT2D eigenvalue weighted by atomic mass is 10.1. The highest BCUT2D eigenvalue weighted by Gasteiger charge is 2.19. The Morgan fingerprint density at radius 3 is 2.69 bits per heavy atom. The van der Waals surface area contributed by atoms with E-state index in [1.54, 1.807) is 0 Å². The van der Waals surface area contributed by atoms with E-state index in [9.17, 15) is 4.79 Å². The molecule has 0 atom stereocenters. The molecule has 0 spiro atoms. The van der Waals surface area contributed by atoms with Gasteiger partial charge >= 0.3 is 0 Å². The van der Waals surface area contributed by atoms with Crippen molar-refractivity contribution in [2.75, 3.05) is 57.4 Å². The normalized spacial score (nSPS) is 17.3. The van der Waals surface area contributed by atoms with Crippen molar-refractivity contribution in [3.63, 3.8) is 0 Å². The van der Waals surface area contributed by atoms with E-state index in [4.69, 9.17) is 9.73 Å². The van der Waals surface area contributed by atoms with Crippen LogP contribution >= 0.6 is 24.0 Å². The van der Waals surface area contributed by atoms with Crippen LogP contribution in [0.4, 0.5) is 5.69 Å². The molecule has 0 radical (unpaired) electrons. The third kappa shape index (κ3) is 7.33. The minimum atomic E-state index is 0. The number of nitrogens with one attached hydrogen (secondary N) is 2. The predicted octanol–water partition coefficient (Wildman–Crippen LogP) is 2.21. The summed E-state index contributed by atoms with van der Waals surface area (Å²) < 4.78 is 5.48. The van der Waals surface area contributed by atoms with Crippen LogP contribution in [0.5, 0.6) is 0 Å². The summed E-state index contributed by atoms with van der Waals surface area (Å²) in [6, 6.07) is 8.48. The molecule has 2 aliphatic heterocycles. The highest BCUT2D eigenvalue weighted by atomic mass is 127. The number of morpholine rings is 1. The van der Waals surface area contributed by atoms with Crippen molar-refractivity contribution in [3.8, 4) is 0 Å². The van der Waals surface area contributed by atoms with Gasteiger partial charge in [0.2, 0.25) is 5.91 Å². The highest BCUT2D eigenvalue weighted by molar-refractivity contribution is 14.0. The summed E-state index contributed by atoms with van der Waals surface area (Å²) in [4.78, 5) is 20.8. The topological polar surface area (TPSA) is 69.2 Å². The molecule has 29 heavy (non-hydrogen) atoms. The molecule has 0 aliphatic carbocycles. The van der Waals surface area contributed by atoms with E-state index in [1.165, 1.54) is 11.3 Å². The Morgan fingerprint density at radius 2 is 1.97 bits per heavy atom. The minimum absolute atomic E-state index is 0. The average molecular weight is 515 g/mol. The van der Waals surface area contributed by atoms with Crippen LogP contribution in [0.25, 0.3) is 0 Å². The number of hydrogen-bond donors (Lipinski definition) is 2. The van der Waals surface area contributed by atoms with E-state index in [1.807, 2.05) is 4.90 Å². The van der Waals surface area contributed by atoms with Gasteiger partial charge in [-0.15, -0.1) is 24.0 Å². The zero-order chi connectivity index (χ0) is 19.6. The quantitative estimate of drug-likeness (QED) is 0.241. The summed E-state index contributed by atoms with van der Waals surface area (Å²) in [6.45, 7) is 9.47. The largest absolute Gasteiger partial charge is 0.378 e. The van der Waals surface area contributed by atoms with E-state index in [0.717, 1.165) is 71.3 Å². The smallest absolute Gasteiger partial charge is 0.222 e. The first-order valence-corrected chi connectivity index (χ1v) is 10.5. The standard InChI is InChI=1S/C21H33N5O2.HI/c1-2-22-21(23-10-6-12-26-11-5-9-20(26)27)24-17-18-7-3-4-8-19(18)25-13-15-28-16-14-25;/h3-4,7-8H,2,5-6,9-17H2,1H3,(H2,22,23,24);1H. The second kappa shape index (κ2) is 12.9. The van der Waals surface area contributed by atoms with Crippen LogP contribution in [0.15, 0.2) is 29.3 Å². The first-order valence-electron chi connectivity index (χ1n) is 10.5. The monoisotopic (exact) mass is 515 g/mol.